The molecule has 0 amide bonds. The van der Waals surface area contributed by atoms with Crippen LogP contribution < -0.4 is 9.47 Å². The quantitative estimate of drug-likeness (QED) is 0.602. The zero-order valence-corrected chi connectivity index (χ0v) is 13.3. The van der Waals surface area contributed by atoms with Gasteiger partial charge in [0.05, 0.1) is 12.7 Å². The van der Waals surface area contributed by atoms with E-state index in [0.717, 1.165) is 5.75 Å². The Morgan fingerprint density at radius 2 is 1.52 bits per heavy atom. The van der Waals surface area contributed by atoms with E-state index in [1.165, 1.54) is 31.2 Å². The van der Waals surface area contributed by atoms with Crippen LogP contribution in [0.1, 0.15) is 47.5 Å². The number of benzene rings is 2. The molecular weight excluding hydrogens is 288 g/mol. The van der Waals surface area contributed by atoms with Gasteiger partial charge in [0.15, 0.2) is 0 Å². The molecule has 0 unspecified atom stereocenters. The lowest BCUT2D eigenvalue weighted by Gasteiger charge is -2.21. The molecule has 0 aromatic heterocycles. The Labute approximate surface area is 137 Å². The van der Waals surface area contributed by atoms with E-state index in [4.69, 9.17) is 9.47 Å². The van der Waals surface area contributed by atoms with E-state index in [1.807, 2.05) is 12.1 Å². The van der Waals surface area contributed by atoms with Gasteiger partial charge in [0.25, 0.3) is 0 Å². The Bertz CT molecular complexity index is 638. The highest BCUT2D eigenvalue weighted by atomic mass is 16.5. The van der Waals surface area contributed by atoms with E-state index < -0.39 is 0 Å². The SMILES string of the molecule is COc1ccc(C(=O)Oc2ccc(C3CC[CH]CC3)cc2)cc1. The smallest absolute Gasteiger partial charge is 0.343 e. The predicted molar refractivity (Wildman–Crippen MR) is 89.9 cm³/mol. The van der Waals surface area contributed by atoms with Crippen molar-refractivity contribution in [2.45, 2.75) is 31.6 Å². The molecule has 2 aromatic carbocycles. The lowest BCUT2D eigenvalue weighted by molar-refractivity contribution is 0.0734. The minimum Gasteiger partial charge on any atom is -0.497 e. The second-order valence-electron chi connectivity index (χ2n) is 5.83. The fourth-order valence-corrected chi connectivity index (χ4v) is 2.96. The molecule has 0 saturated heterocycles. The maximum atomic E-state index is 12.1. The van der Waals surface area contributed by atoms with Crippen LogP contribution in [0, 0.1) is 6.42 Å². The maximum Gasteiger partial charge on any atom is 0.343 e. The average molecular weight is 309 g/mol. The summed E-state index contributed by atoms with van der Waals surface area (Å²) in [6.07, 6.45) is 7.18. The minimum atomic E-state index is -0.354. The number of methoxy groups -OCH3 is 1. The number of rotatable bonds is 4. The largest absolute Gasteiger partial charge is 0.497 e. The molecule has 2 aromatic rings. The van der Waals surface area contributed by atoms with Crippen LogP contribution in [-0.4, -0.2) is 13.1 Å². The average Bonchev–Trinajstić information content (AvgIpc) is 2.63. The Morgan fingerprint density at radius 3 is 2.13 bits per heavy atom. The number of esters is 1. The molecule has 0 N–H and O–H groups in total. The molecule has 3 rings (SSSR count). The van der Waals surface area contributed by atoms with E-state index in [2.05, 4.69) is 18.6 Å². The van der Waals surface area contributed by atoms with Gasteiger partial charge in [-0.3, -0.25) is 0 Å². The first-order valence-corrected chi connectivity index (χ1v) is 8.04. The standard InChI is InChI=1S/C20H21O3/c1-22-18-11-9-17(10-12-18)20(21)23-19-13-7-16(8-14-19)15-5-3-2-4-6-15/h2,7-15H,3-6H2,1H3. The maximum absolute atomic E-state index is 12.1. The molecule has 1 saturated carbocycles. The Balaban J connectivity index is 1.63. The van der Waals surface area contributed by atoms with Crippen molar-refractivity contribution in [2.75, 3.05) is 7.11 Å². The molecule has 1 aliphatic rings. The van der Waals surface area contributed by atoms with Crippen molar-refractivity contribution in [3.05, 3.63) is 66.1 Å². The number of ether oxygens (including phenoxy) is 2. The van der Waals surface area contributed by atoms with E-state index in [9.17, 15) is 4.79 Å². The number of hydrogen-bond donors (Lipinski definition) is 0. The van der Waals surface area contributed by atoms with Gasteiger partial charge < -0.3 is 9.47 Å². The summed E-state index contributed by atoms with van der Waals surface area (Å²) in [6, 6.07) is 14.8. The van der Waals surface area contributed by atoms with Crippen LogP contribution in [0.3, 0.4) is 0 Å². The van der Waals surface area contributed by atoms with Crippen molar-refractivity contribution in [3.8, 4) is 11.5 Å². The molecule has 3 heteroatoms. The van der Waals surface area contributed by atoms with Crippen LogP contribution in [0.5, 0.6) is 11.5 Å². The molecular formula is C20H21O3. The van der Waals surface area contributed by atoms with Crippen LogP contribution in [0.15, 0.2) is 48.5 Å². The molecule has 3 nitrogen and oxygen atoms in total. The fraction of sp³-hybridized carbons (Fsp3) is 0.300. The number of carbonyl (C=O) groups excluding carboxylic acids is 1. The summed E-state index contributed by atoms with van der Waals surface area (Å²) in [6.45, 7) is 0. The first-order chi connectivity index (χ1) is 11.3. The van der Waals surface area contributed by atoms with Gasteiger partial charge in [0, 0.05) is 0 Å². The van der Waals surface area contributed by atoms with Gasteiger partial charge in [-0.15, -0.1) is 0 Å². The van der Waals surface area contributed by atoms with Crippen molar-refractivity contribution < 1.29 is 14.3 Å². The van der Waals surface area contributed by atoms with Crippen LogP contribution in [0.4, 0.5) is 0 Å². The number of carbonyl (C=O) groups is 1. The molecule has 23 heavy (non-hydrogen) atoms. The Hall–Kier alpha value is -2.29. The molecule has 0 heterocycles. The third-order valence-electron chi connectivity index (χ3n) is 4.33. The third-order valence-corrected chi connectivity index (χ3v) is 4.33. The number of hydrogen-bond acceptors (Lipinski definition) is 3. The molecule has 0 spiro atoms. The minimum absolute atomic E-state index is 0.354. The Morgan fingerprint density at radius 1 is 0.913 bits per heavy atom. The molecule has 0 bridgehead atoms. The highest BCUT2D eigenvalue weighted by molar-refractivity contribution is 5.91. The highest BCUT2D eigenvalue weighted by Gasteiger charge is 2.16. The van der Waals surface area contributed by atoms with Crippen molar-refractivity contribution in [3.63, 3.8) is 0 Å². The van der Waals surface area contributed by atoms with Gasteiger partial charge in [0.2, 0.25) is 0 Å². The van der Waals surface area contributed by atoms with Gasteiger partial charge in [-0.2, -0.15) is 0 Å². The molecule has 1 fully saturated rings. The van der Waals surface area contributed by atoms with E-state index >= 15 is 0 Å². The van der Waals surface area contributed by atoms with Gasteiger partial charge in [-0.25, -0.2) is 4.79 Å². The molecule has 119 valence electrons. The van der Waals surface area contributed by atoms with Crippen molar-refractivity contribution >= 4 is 5.97 Å². The summed E-state index contributed by atoms with van der Waals surface area (Å²) in [5, 5.41) is 0. The normalized spacial score (nSPS) is 15.2. The van der Waals surface area contributed by atoms with Crippen molar-refractivity contribution in [1.29, 1.82) is 0 Å². The van der Waals surface area contributed by atoms with Crippen LogP contribution in [0.25, 0.3) is 0 Å². The van der Waals surface area contributed by atoms with Crippen LogP contribution in [-0.2, 0) is 0 Å². The lowest BCUT2D eigenvalue weighted by atomic mass is 9.84. The van der Waals surface area contributed by atoms with E-state index in [-0.39, 0.29) is 5.97 Å². The van der Waals surface area contributed by atoms with Crippen molar-refractivity contribution in [1.82, 2.24) is 0 Å². The third kappa shape index (κ3) is 3.92. The summed E-state index contributed by atoms with van der Waals surface area (Å²) in [7, 11) is 1.60. The second-order valence-corrected chi connectivity index (χ2v) is 5.83. The molecule has 1 radical (unpaired) electrons. The first-order valence-electron chi connectivity index (χ1n) is 8.04. The van der Waals surface area contributed by atoms with Gasteiger partial charge in [0.1, 0.15) is 11.5 Å². The monoisotopic (exact) mass is 309 g/mol. The predicted octanol–water partition coefficient (Wildman–Crippen LogP) is 4.78. The second kappa shape index (κ2) is 7.32. The van der Waals surface area contributed by atoms with E-state index in [0.29, 0.717) is 17.2 Å². The van der Waals surface area contributed by atoms with Gasteiger partial charge >= 0.3 is 5.97 Å². The van der Waals surface area contributed by atoms with Crippen molar-refractivity contribution in [2.24, 2.45) is 0 Å². The van der Waals surface area contributed by atoms with Gasteiger partial charge in [-0.05, 0) is 80.0 Å². The van der Waals surface area contributed by atoms with Crippen LogP contribution >= 0.6 is 0 Å². The summed E-state index contributed by atoms with van der Waals surface area (Å²) in [5.41, 5.74) is 1.85. The zero-order chi connectivity index (χ0) is 16.1. The first kappa shape index (κ1) is 15.6. The summed E-state index contributed by atoms with van der Waals surface area (Å²) >= 11 is 0. The Kier molecular flexibility index (Phi) is 4.96. The molecule has 0 aliphatic heterocycles. The molecule has 0 atom stereocenters. The molecule has 1 aliphatic carbocycles. The zero-order valence-electron chi connectivity index (χ0n) is 13.3. The van der Waals surface area contributed by atoms with E-state index in [1.54, 1.807) is 31.4 Å². The van der Waals surface area contributed by atoms with Crippen LogP contribution in [0.2, 0.25) is 0 Å². The summed E-state index contributed by atoms with van der Waals surface area (Å²) in [4.78, 5) is 12.1. The topological polar surface area (TPSA) is 35.5 Å². The highest BCUT2D eigenvalue weighted by Crippen LogP contribution is 2.32. The summed E-state index contributed by atoms with van der Waals surface area (Å²) in [5.74, 6) is 1.58. The van der Waals surface area contributed by atoms with Gasteiger partial charge in [-0.1, -0.05) is 12.1 Å². The lowest BCUT2D eigenvalue weighted by Crippen LogP contribution is -2.09. The fourth-order valence-electron chi connectivity index (χ4n) is 2.96. The summed E-state index contributed by atoms with van der Waals surface area (Å²) < 4.78 is 10.5.